The van der Waals surface area contributed by atoms with Gasteiger partial charge in [-0.2, -0.15) is 0 Å². The minimum absolute atomic E-state index is 0.0139. The van der Waals surface area contributed by atoms with Gasteiger partial charge < -0.3 is 9.26 Å². The number of aryl methyl sites for hydroxylation is 1. The molecule has 0 aliphatic rings. The van der Waals surface area contributed by atoms with Crippen LogP contribution in [-0.4, -0.2) is 25.8 Å². The van der Waals surface area contributed by atoms with Crippen LogP contribution in [0.1, 0.15) is 27.4 Å². The van der Waals surface area contributed by atoms with Crippen LogP contribution >= 0.6 is 11.6 Å². The molecule has 1 amide bonds. The van der Waals surface area contributed by atoms with Crippen LogP contribution in [0.25, 0.3) is 0 Å². The van der Waals surface area contributed by atoms with Gasteiger partial charge >= 0.3 is 0 Å². The average molecular weight is 442 g/mol. The lowest BCUT2D eigenvalue weighted by Crippen LogP contribution is -2.16. The molecule has 0 aliphatic carbocycles. The second kappa shape index (κ2) is 8.97. The molecule has 0 aliphatic heterocycles. The van der Waals surface area contributed by atoms with E-state index in [0.29, 0.717) is 22.9 Å². The van der Waals surface area contributed by atoms with E-state index in [1.807, 2.05) is 18.2 Å². The van der Waals surface area contributed by atoms with Crippen molar-refractivity contribution in [1.82, 2.24) is 19.9 Å². The Morgan fingerprint density at radius 1 is 1.26 bits per heavy atom. The van der Waals surface area contributed by atoms with Crippen molar-refractivity contribution in [3.63, 3.8) is 0 Å². The van der Waals surface area contributed by atoms with Gasteiger partial charge in [-0.3, -0.25) is 10.1 Å². The van der Waals surface area contributed by atoms with Gasteiger partial charge in [0.15, 0.2) is 17.3 Å². The number of ether oxygens (including phenoxy) is 1. The van der Waals surface area contributed by atoms with Gasteiger partial charge in [0, 0.05) is 5.02 Å². The Balaban J connectivity index is 1.43. The fourth-order valence-electron chi connectivity index (χ4n) is 2.86. The first-order valence-corrected chi connectivity index (χ1v) is 9.65. The van der Waals surface area contributed by atoms with Gasteiger partial charge in [0.1, 0.15) is 18.7 Å². The summed E-state index contributed by atoms with van der Waals surface area (Å²) in [5.74, 6) is -0.507. The summed E-state index contributed by atoms with van der Waals surface area (Å²) in [4.78, 5) is 16.8. The lowest BCUT2D eigenvalue weighted by Gasteiger charge is -2.07. The molecule has 2 aromatic carbocycles. The summed E-state index contributed by atoms with van der Waals surface area (Å²) in [6.07, 6.45) is 1.49. The van der Waals surface area contributed by atoms with E-state index in [1.165, 1.54) is 18.5 Å². The van der Waals surface area contributed by atoms with E-state index in [4.69, 9.17) is 20.9 Å². The molecule has 2 aromatic heterocycles. The molecule has 0 spiro atoms. The minimum atomic E-state index is -0.565. The number of aromatic nitrogens is 4. The van der Waals surface area contributed by atoms with Gasteiger partial charge in [0.2, 0.25) is 5.95 Å². The number of nitrogens with zero attached hydrogens (tertiary/aromatic N) is 4. The molecule has 158 valence electrons. The lowest BCUT2D eigenvalue weighted by atomic mass is 10.2. The first-order chi connectivity index (χ1) is 15.0. The first kappa shape index (κ1) is 20.5. The van der Waals surface area contributed by atoms with Gasteiger partial charge in [-0.25, -0.2) is 14.1 Å². The summed E-state index contributed by atoms with van der Waals surface area (Å²) in [5, 5.41) is 11.2. The fourth-order valence-corrected chi connectivity index (χ4v) is 3.08. The highest BCUT2D eigenvalue weighted by Crippen LogP contribution is 2.21. The van der Waals surface area contributed by atoms with Crippen molar-refractivity contribution < 1.29 is 18.4 Å². The first-order valence-electron chi connectivity index (χ1n) is 9.27. The van der Waals surface area contributed by atoms with Crippen LogP contribution < -0.4 is 10.1 Å². The van der Waals surface area contributed by atoms with Crippen molar-refractivity contribution in [2.45, 2.75) is 20.1 Å². The number of benzene rings is 2. The van der Waals surface area contributed by atoms with E-state index in [1.54, 1.807) is 29.8 Å². The Kier molecular flexibility index (Phi) is 5.94. The standard InChI is InChI=1S/C21H17ClFN5O3/c1-13-16(11-30-18-8-3-2-7-17(18)23)19(27-31-13)20(29)25-21-24-12-28(26-21)10-14-5-4-6-15(22)9-14/h2-9,12H,10-11H2,1H3,(H,25,26,29). The van der Waals surface area contributed by atoms with Gasteiger partial charge in [-0.1, -0.05) is 41.0 Å². The third-order valence-electron chi connectivity index (χ3n) is 4.40. The minimum Gasteiger partial charge on any atom is -0.486 e. The number of hydrogen-bond acceptors (Lipinski definition) is 6. The van der Waals surface area contributed by atoms with Crippen LogP contribution in [0.5, 0.6) is 5.75 Å². The molecular weight excluding hydrogens is 425 g/mol. The highest BCUT2D eigenvalue weighted by Gasteiger charge is 2.22. The van der Waals surface area contributed by atoms with Crippen LogP contribution in [0.4, 0.5) is 10.3 Å². The van der Waals surface area contributed by atoms with E-state index < -0.39 is 11.7 Å². The van der Waals surface area contributed by atoms with E-state index in [0.717, 1.165) is 5.56 Å². The average Bonchev–Trinajstić information content (AvgIpc) is 3.33. The van der Waals surface area contributed by atoms with E-state index in [9.17, 15) is 9.18 Å². The van der Waals surface area contributed by atoms with Crippen molar-refractivity contribution in [1.29, 1.82) is 0 Å². The topological polar surface area (TPSA) is 95.1 Å². The SMILES string of the molecule is Cc1onc(C(=O)Nc2ncn(Cc3cccc(Cl)c3)n2)c1COc1ccccc1F. The van der Waals surface area contributed by atoms with Crippen LogP contribution in [0.3, 0.4) is 0 Å². The van der Waals surface area contributed by atoms with Crippen molar-refractivity contribution in [2.24, 2.45) is 0 Å². The predicted octanol–water partition coefficient (Wildman–Crippen LogP) is 4.25. The number of halogens is 2. The Bertz CT molecular complexity index is 1220. The number of hydrogen-bond donors (Lipinski definition) is 1. The van der Waals surface area contributed by atoms with E-state index in [2.05, 4.69) is 20.6 Å². The third kappa shape index (κ3) is 4.89. The molecule has 0 unspecified atom stereocenters. The second-order valence-corrected chi connectivity index (χ2v) is 7.07. The summed E-state index contributed by atoms with van der Waals surface area (Å²) in [5.41, 5.74) is 1.36. The fraction of sp³-hybridized carbons (Fsp3) is 0.143. The summed E-state index contributed by atoms with van der Waals surface area (Å²) in [7, 11) is 0. The maximum Gasteiger partial charge on any atom is 0.280 e. The summed E-state index contributed by atoms with van der Waals surface area (Å²) < 4.78 is 26.0. The Hall–Kier alpha value is -3.72. The number of nitrogens with one attached hydrogen (secondary N) is 1. The Labute approximate surface area is 181 Å². The number of anilines is 1. The van der Waals surface area contributed by atoms with Crippen molar-refractivity contribution in [2.75, 3.05) is 5.32 Å². The Morgan fingerprint density at radius 2 is 2.10 bits per heavy atom. The molecule has 0 saturated heterocycles. The summed E-state index contributed by atoms with van der Waals surface area (Å²) >= 11 is 5.99. The van der Waals surface area contributed by atoms with Crippen LogP contribution in [0.15, 0.2) is 59.4 Å². The molecule has 2 heterocycles. The molecule has 0 radical (unpaired) electrons. The van der Waals surface area contributed by atoms with Crippen LogP contribution in [-0.2, 0) is 13.2 Å². The number of carbonyl (C=O) groups excluding carboxylic acids is 1. The quantitative estimate of drug-likeness (QED) is 0.460. The normalized spacial score (nSPS) is 10.8. The molecule has 10 heteroatoms. The number of para-hydroxylation sites is 1. The molecule has 0 bridgehead atoms. The van der Waals surface area contributed by atoms with Gasteiger partial charge in [0.05, 0.1) is 12.1 Å². The van der Waals surface area contributed by atoms with Crippen molar-refractivity contribution in [3.05, 3.63) is 88.3 Å². The van der Waals surface area contributed by atoms with Gasteiger partial charge in [0.25, 0.3) is 5.91 Å². The highest BCUT2D eigenvalue weighted by atomic mass is 35.5. The largest absolute Gasteiger partial charge is 0.486 e. The summed E-state index contributed by atoms with van der Waals surface area (Å²) in [6, 6.07) is 13.3. The molecule has 0 fully saturated rings. The molecular formula is C21H17ClFN5O3. The molecule has 4 aromatic rings. The molecule has 4 rings (SSSR count). The molecule has 0 saturated carbocycles. The molecule has 8 nitrogen and oxygen atoms in total. The zero-order chi connectivity index (χ0) is 21.8. The molecule has 0 atom stereocenters. The van der Waals surface area contributed by atoms with E-state index >= 15 is 0 Å². The maximum absolute atomic E-state index is 13.8. The number of carbonyl (C=O) groups is 1. The number of amides is 1. The maximum atomic E-state index is 13.8. The van der Waals surface area contributed by atoms with Crippen molar-refractivity contribution >= 4 is 23.5 Å². The van der Waals surface area contributed by atoms with E-state index in [-0.39, 0.29) is 24.0 Å². The summed E-state index contributed by atoms with van der Waals surface area (Å²) in [6.45, 7) is 1.99. The van der Waals surface area contributed by atoms with Crippen LogP contribution in [0, 0.1) is 12.7 Å². The Morgan fingerprint density at radius 3 is 2.90 bits per heavy atom. The zero-order valence-electron chi connectivity index (χ0n) is 16.4. The van der Waals surface area contributed by atoms with Crippen LogP contribution in [0.2, 0.25) is 5.02 Å². The van der Waals surface area contributed by atoms with Crippen molar-refractivity contribution in [3.8, 4) is 5.75 Å². The number of rotatable bonds is 7. The van der Waals surface area contributed by atoms with Gasteiger partial charge in [-0.05, 0) is 36.8 Å². The lowest BCUT2D eigenvalue weighted by molar-refractivity contribution is 0.101. The third-order valence-corrected chi connectivity index (χ3v) is 4.64. The van der Waals surface area contributed by atoms with Gasteiger partial charge in [-0.15, -0.1) is 5.10 Å². The zero-order valence-corrected chi connectivity index (χ0v) is 17.1. The monoisotopic (exact) mass is 441 g/mol. The molecule has 31 heavy (non-hydrogen) atoms. The second-order valence-electron chi connectivity index (χ2n) is 6.63. The highest BCUT2D eigenvalue weighted by molar-refractivity contribution is 6.30. The predicted molar refractivity (Wildman–Crippen MR) is 111 cm³/mol. The molecule has 1 N–H and O–H groups in total. The smallest absolute Gasteiger partial charge is 0.280 e.